The quantitative estimate of drug-likeness (QED) is 0.863. The van der Waals surface area contributed by atoms with Crippen molar-refractivity contribution >= 4 is 17.9 Å². The summed E-state index contributed by atoms with van der Waals surface area (Å²) < 4.78 is 0. The number of likely N-dealkylation sites (tertiary alicyclic amines) is 1. The van der Waals surface area contributed by atoms with Gasteiger partial charge in [0.25, 0.3) is 5.95 Å². The first-order valence-corrected chi connectivity index (χ1v) is 6.91. The van der Waals surface area contributed by atoms with E-state index in [1.54, 1.807) is 18.7 Å². The number of amides is 2. The number of anilines is 1. The number of hydrogen-bond donors (Lipinski definition) is 2. The summed E-state index contributed by atoms with van der Waals surface area (Å²) in [6.45, 7) is 4.79. The minimum Gasteiger partial charge on any atom is -0.481 e. The molecule has 2 heterocycles. The van der Waals surface area contributed by atoms with E-state index >= 15 is 0 Å². The first-order valence-electron chi connectivity index (χ1n) is 6.91. The lowest BCUT2D eigenvalue weighted by molar-refractivity contribution is -0.137. The number of carboxylic acids is 1. The van der Waals surface area contributed by atoms with Crippen molar-refractivity contribution in [3.05, 3.63) is 11.4 Å². The summed E-state index contributed by atoms with van der Waals surface area (Å²) >= 11 is 0. The molecule has 0 aromatic carbocycles. The maximum Gasteiger partial charge on any atom is 0.324 e. The molecule has 2 N–H and O–H groups in total. The molecule has 0 radical (unpaired) electrons. The smallest absolute Gasteiger partial charge is 0.324 e. The zero-order valence-electron chi connectivity index (χ0n) is 12.2. The van der Waals surface area contributed by atoms with E-state index in [2.05, 4.69) is 20.5 Å². The highest BCUT2D eigenvalue weighted by atomic mass is 16.4. The van der Waals surface area contributed by atoms with E-state index in [1.807, 2.05) is 0 Å². The second kappa shape index (κ2) is 6.47. The third kappa shape index (κ3) is 4.11. The van der Waals surface area contributed by atoms with Crippen molar-refractivity contribution in [1.82, 2.24) is 20.1 Å². The van der Waals surface area contributed by atoms with Crippen LogP contribution in [0.25, 0.3) is 0 Å². The monoisotopic (exact) mass is 293 g/mol. The molecule has 1 aliphatic heterocycles. The predicted octanol–water partition coefficient (Wildman–Crippen LogP) is 1.21. The number of urea groups is 1. The lowest BCUT2D eigenvalue weighted by Gasteiger charge is -2.16. The molecule has 1 aromatic heterocycles. The number of carbonyl (C=O) groups is 2. The van der Waals surface area contributed by atoms with Crippen LogP contribution in [0.4, 0.5) is 10.7 Å². The zero-order valence-corrected chi connectivity index (χ0v) is 12.2. The van der Waals surface area contributed by atoms with Crippen LogP contribution < -0.4 is 5.32 Å². The highest BCUT2D eigenvalue weighted by molar-refractivity contribution is 5.87. The number of aryl methyl sites for hydroxylation is 2. The average Bonchev–Trinajstić information content (AvgIpc) is 2.89. The molecule has 1 aliphatic rings. The lowest BCUT2D eigenvalue weighted by Crippen LogP contribution is -2.33. The van der Waals surface area contributed by atoms with E-state index < -0.39 is 5.97 Å². The maximum atomic E-state index is 12.1. The molecule has 0 saturated carbocycles. The van der Waals surface area contributed by atoms with E-state index in [9.17, 15) is 9.59 Å². The molecular formula is C13H19N5O3. The lowest BCUT2D eigenvalue weighted by atomic mass is 10.0. The number of nitrogens with zero attached hydrogens (tertiary/aromatic N) is 4. The van der Waals surface area contributed by atoms with Gasteiger partial charge in [-0.15, -0.1) is 5.10 Å². The third-order valence-electron chi connectivity index (χ3n) is 3.65. The van der Waals surface area contributed by atoms with Gasteiger partial charge in [-0.2, -0.15) is 5.10 Å². The van der Waals surface area contributed by atoms with Crippen molar-refractivity contribution in [2.75, 3.05) is 18.4 Å². The molecule has 0 spiro atoms. The van der Waals surface area contributed by atoms with Crippen LogP contribution in [0.3, 0.4) is 0 Å². The first kappa shape index (κ1) is 15.1. The van der Waals surface area contributed by atoms with E-state index in [1.165, 1.54) is 0 Å². The van der Waals surface area contributed by atoms with Crippen LogP contribution in [0.2, 0.25) is 0 Å². The van der Waals surface area contributed by atoms with Crippen LogP contribution in [0.1, 0.15) is 30.7 Å². The second-order valence-electron chi connectivity index (χ2n) is 5.27. The SMILES string of the molecule is Cc1nnc(NC(=O)N2CCC(CCC(=O)O)C2)nc1C. The van der Waals surface area contributed by atoms with E-state index in [0.717, 1.165) is 17.8 Å². The Hall–Kier alpha value is -2.25. The minimum atomic E-state index is -0.799. The minimum absolute atomic E-state index is 0.143. The Morgan fingerprint density at radius 3 is 2.76 bits per heavy atom. The van der Waals surface area contributed by atoms with Crippen molar-refractivity contribution in [1.29, 1.82) is 0 Å². The van der Waals surface area contributed by atoms with Crippen molar-refractivity contribution in [3.63, 3.8) is 0 Å². The second-order valence-corrected chi connectivity index (χ2v) is 5.27. The first-order chi connectivity index (χ1) is 9.95. The molecule has 21 heavy (non-hydrogen) atoms. The summed E-state index contributed by atoms with van der Waals surface area (Å²) in [5.74, 6) is -0.366. The van der Waals surface area contributed by atoms with Gasteiger partial charge in [-0.3, -0.25) is 10.1 Å². The van der Waals surface area contributed by atoms with E-state index in [0.29, 0.717) is 19.5 Å². The summed E-state index contributed by atoms with van der Waals surface area (Å²) in [5, 5.41) is 19.0. The Morgan fingerprint density at radius 1 is 1.33 bits per heavy atom. The number of rotatable bonds is 4. The van der Waals surface area contributed by atoms with E-state index in [4.69, 9.17) is 5.11 Å². The predicted molar refractivity (Wildman–Crippen MR) is 74.9 cm³/mol. The fourth-order valence-electron chi connectivity index (χ4n) is 2.26. The molecule has 2 amide bonds. The summed E-state index contributed by atoms with van der Waals surface area (Å²) in [7, 11) is 0. The van der Waals surface area contributed by atoms with Crippen LogP contribution in [0.15, 0.2) is 0 Å². The molecule has 1 unspecified atom stereocenters. The Bertz CT molecular complexity index is 549. The number of aliphatic carboxylic acids is 1. The van der Waals surface area contributed by atoms with Crippen LogP contribution in [0, 0.1) is 19.8 Å². The average molecular weight is 293 g/mol. The molecule has 8 heteroatoms. The standard InChI is InChI=1S/C13H19N5O3/c1-8-9(2)16-17-12(14-8)15-13(21)18-6-5-10(7-18)3-4-11(19)20/h10H,3-7H2,1-2H3,(H,19,20)(H,14,15,17,21). The van der Waals surface area contributed by atoms with Crippen LogP contribution >= 0.6 is 0 Å². The van der Waals surface area contributed by atoms with Gasteiger partial charge in [-0.05, 0) is 32.6 Å². The van der Waals surface area contributed by atoms with Crippen LogP contribution in [-0.4, -0.2) is 50.3 Å². The molecule has 8 nitrogen and oxygen atoms in total. The molecule has 2 rings (SSSR count). The Morgan fingerprint density at radius 2 is 2.10 bits per heavy atom. The molecular weight excluding hydrogens is 274 g/mol. The van der Waals surface area contributed by atoms with Gasteiger partial charge in [0, 0.05) is 19.5 Å². The molecule has 114 valence electrons. The number of carboxylic acid groups (broad SMARTS) is 1. The number of hydrogen-bond acceptors (Lipinski definition) is 5. The molecule has 0 bridgehead atoms. The Balaban J connectivity index is 1.86. The topological polar surface area (TPSA) is 108 Å². The van der Waals surface area contributed by atoms with Gasteiger partial charge < -0.3 is 10.0 Å². The van der Waals surface area contributed by atoms with E-state index in [-0.39, 0.29) is 24.3 Å². The van der Waals surface area contributed by atoms with Gasteiger partial charge in [0.05, 0.1) is 11.4 Å². The largest absolute Gasteiger partial charge is 0.481 e. The molecule has 1 saturated heterocycles. The van der Waals surface area contributed by atoms with Crippen molar-refractivity contribution < 1.29 is 14.7 Å². The zero-order chi connectivity index (χ0) is 15.4. The molecule has 0 aliphatic carbocycles. The Kier molecular flexibility index (Phi) is 4.66. The number of aromatic nitrogens is 3. The van der Waals surface area contributed by atoms with Crippen molar-refractivity contribution in [3.8, 4) is 0 Å². The maximum absolute atomic E-state index is 12.1. The molecule has 1 fully saturated rings. The highest BCUT2D eigenvalue weighted by Crippen LogP contribution is 2.21. The van der Waals surface area contributed by atoms with Gasteiger partial charge in [0.15, 0.2) is 0 Å². The van der Waals surface area contributed by atoms with Gasteiger partial charge in [0.2, 0.25) is 0 Å². The summed E-state index contributed by atoms with van der Waals surface area (Å²) in [6.07, 6.45) is 1.57. The Labute approximate surface area is 122 Å². The van der Waals surface area contributed by atoms with Gasteiger partial charge in [0.1, 0.15) is 0 Å². The number of nitrogens with one attached hydrogen (secondary N) is 1. The van der Waals surface area contributed by atoms with Crippen molar-refractivity contribution in [2.45, 2.75) is 33.1 Å². The molecule has 1 atom stereocenters. The fourth-order valence-corrected chi connectivity index (χ4v) is 2.26. The van der Waals surface area contributed by atoms with Crippen molar-refractivity contribution in [2.24, 2.45) is 5.92 Å². The van der Waals surface area contributed by atoms with Crippen LogP contribution in [-0.2, 0) is 4.79 Å². The fraction of sp³-hybridized carbons (Fsp3) is 0.615. The summed E-state index contributed by atoms with van der Waals surface area (Å²) in [4.78, 5) is 28.5. The number of carbonyl (C=O) groups excluding carboxylic acids is 1. The van der Waals surface area contributed by atoms with Gasteiger partial charge in [-0.25, -0.2) is 9.78 Å². The highest BCUT2D eigenvalue weighted by Gasteiger charge is 2.27. The third-order valence-corrected chi connectivity index (χ3v) is 3.65. The summed E-state index contributed by atoms with van der Waals surface area (Å²) in [5.41, 5.74) is 1.45. The normalized spacial score (nSPS) is 17.8. The summed E-state index contributed by atoms with van der Waals surface area (Å²) in [6, 6.07) is -0.266. The van der Waals surface area contributed by atoms with Gasteiger partial charge >= 0.3 is 12.0 Å². The molecule has 1 aromatic rings. The van der Waals surface area contributed by atoms with Crippen LogP contribution in [0.5, 0.6) is 0 Å². The van der Waals surface area contributed by atoms with Gasteiger partial charge in [-0.1, -0.05) is 0 Å².